The standard InChI is InChI=1S/C17H16F2N2O5/c1-25-15-7-4-12(10-14(15)21(23)24)16(22)20-9-8-11-2-5-13(6-3-11)26-17(18)19/h2-7,10,17H,8-9H2,1H3,(H,20,22). The first-order chi connectivity index (χ1) is 12.4. The maximum Gasteiger partial charge on any atom is 0.387 e. The number of nitro benzene ring substituents is 1. The highest BCUT2D eigenvalue weighted by Gasteiger charge is 2.18. The Labute approximate surface area is 147 Å². The maximum atomic E-state index is 12.1. The second-order valence-electron chi connectivity index (χ2n) is 5.17. The zero-order chi connectivity index (χ0) is 19.1. The lowest BCUT2D eigenvalue weighted by Crippen LogP contribution is -2.25. The van der Waals surface area contributed by atoms with Crippen molar-refractivity contribution < 1.29 is 28.0 Å². The van der Waals surface area contributed by atoms with Crippen LogP contribution in [0.1, 0.15) is 15.9 Å². The van der Waals surface area contributed by atoms with Gasteiger partial charge in [-0.1, -0.05) is 12.1 Å². The number of hydrogen-bond donors (Lipinski definition) is 1. The molecule has 2 rings (SSSR count). The molecule has 0 radical (unpaired) electrons. The van der Waals surface area contributed by atoms with Crippen LogP contribution in [0.5, 0.6) is 11.5 Å². The van der Waals surface area contributed by atoms with E-state index in [-0.39, 0.29) is 29.3 Å². The molecule has 2 aromatic carbocycles. The van der Waals surface area contributed by atoms with E-state index >= 15 is 0 Å². The van der Waals surface area contributed by atoms with Crippen molar-refractivity contribution in [1.29, 1.82) is 0 Å². The van der Waals surface area contributed by atoms with Gasteiger partial charge in [0, 0.05) is 18.2 Å². The van der Waals surface area contributed by atoms with Crippen LogP contribution in [0, 0.1) is 10.1 Å². The van der Waals surface area contributed by atoms with Gasteiger partial charge in [0.05, 0.1) is 12.0 Å². The Hall–Kier alpha value is -3.23. The van der Waals surface area contributed by atoms with Gasteiger partial charge in [-0.05, 0) is 36.2 Å². The van der Waals surface area contributed by atoms with Crippen LogP contribution in [-0.4, -0.2) is 31.1 Å². The molecule has 0 bridgehead atoms. The summed E-state index contributed by atoms with van der Waals surface area (Å²) in [6, 6.07) is 9.98. The summed E-state index contributed by atoms with van der Waals surface area (Å²) in [7, 11) is 1.31. The molecule has 9 heteroatoms. The summed E-state index contributed by atoms with van der Waals surface area (Å²) in [6.45, 7) is -2.61. The second kappa shape index (κ2) is 8.75. The Morgan fingerprint density at radius 3 is 2.50 bits per heavy atom. The van der Waals surface area contributed by atoms with E-state index in [0.29, 0.717) is 6.42 Å². The highest BCUT2D eigenvalue weighted by atomic mass is 19.3. The van der Waals surface area contributed by atoms with Gasteiger partial charge in [0.2, 0.25) is 0 Å². The highest BCUT2D eigenvalue weighted by molar-refractivity contribution is 5.95. The lowest BCUT2D eigenvalue weighted by molar-refractivity contribution is -0.385. The molecule has 1 amide bonds. The molecule has 7 nitrogen and oxygen atoms in total. The van der Waals surface area contributed by atoms with Gasteiger partial charge in [-0.15, -0.1) is 0 Å². The third kappa shape index (κ3) is 5.13. The number of nitro groups is 1. The molecule has 0 aromatic heterocycles. The van der Waals surface area contributed by atoms with Crippen LogP contribution in [0.3, 0.4) is 0 Å². The minimum absolute atomic E-state index is 0.0540. The smallest absolute Gasteiger partial charge is 0.387 e. The van der Waals surface area contributed by atoms with Crippen LogP contribution in [0.4, 0.5) is 14.5 Å². The van der Waals surface area contributed by atoms with Crippen molar-refractivity contribution in [1.82, 2.24) is 5.32 Å². The maximum absolute atomic E-state index is 12.1. The van der Waals surface area contributed by atoms with Crippen LogP contribution in [0.2, 0.25) is 0 Å². The Kier molecular flexibility index (Phi) is 6.42. The average Bonchev–Trinajstić information content (AvgIpc) is 2.62. The molecule has 0 saturated heterocycles. The molecule has 26 heavy (non-hydrogen) atoms. The third-order valence-electron chi connectivity index (χ3n) is 3.49. The number of amides is 1. The first-order valence-electron chi connectivity index (χ1n) is 7.55. The summed E-state index contributed by atoms with van der Waals surface area (Å²) in [5.41, 5.74) is 0.653. The number of halogens is 2. The first-order valence-corrected chi connectivity index (χ1v) is 7.55. The number of carbonyl (C=O) groups is 1. The number of ether oxygens (including phenoxy) is 2. The van der Waals surface area contributed by atoms with Gasteiger partial charge >= 0.3 is 12.3 Å². The summed E-state index contributed by atoms with van der Waals surface area (Å²) in [6.07, 6.45) is 0.457. The summed E-state index contributed by atoms with van der Waals surface area (Å²) >= 11 is 0. The van der Waals surface area contributed by atoms with E-state index in [0.717, 1.165) is 11.6 Å². The number of alkyl halides is 2. The van der Waals surface area contributed by atoms with E-state index < -0.39 is 17.4 Å². The Balaban J connectivity index is 1.92. The van der Waals surface area contributed by atoms with Crippen molar-refractivity contribution in [2.75, 3.05) is 13.7 Å². The minimum atomic E-state index is -2.88. The van der Waals surface area contributed by atoms with Gasteiger partial charge in [0.25, 0.3) is 5.91 Å². The fourth-order valence-electron chi connectivity index (χ4n) is 2.23. The predicted octanol–water partition coefficient (Wildman–Crippen LogP) is 3.18. The number of rotatable bonds is 8. The molecule has 2 aromatic rings. The van der Waals surface area contributed by atoms with Crippen molar-refractivity contribution in [3.63, 3.8) is 0 Å². The van der Waals surface area contributed by atoms with E-state index in [1.807, 2.05) is 0 Å². The van der Waals surface area contributed by atoms with Crippen LogP contribution in [-0.2, 0) is 6.42 Å². The van der Waals surface area contributed by atoms with E-state index in [4.69, 9.17) is 4.74 Å². The predicted molar refractivity (Wildman–Crippen MR) is 88.8 cm³/mol. The van der Waals surface area contributed by atoms with Crippen molar-refractivity contribution in [3.8, 4) is 11.5 Å². The number of carbonyl (C=O) groups excluding carboxylic acids is 1. The fourth-order valence-corrected chi connectivity index (χ4v) is 2.23. The van der Waals surface area contributed by atoms with Crippen LogP contribution in [0.25, 0.3) is 0 Å². The van der Waals surface area contributed by atoms with E-state index in [1.165, 1.54) is 31.4 Å². The van der Waals surface area contributed by atoms with Crippen molar-refractivity contribution in [2.24, 2.45) is 0 Å². The Bertz CT molecular complexity index is 781. The number of nitrogens with zero attached hydrogens (tertiary/aromatic N) is 1. The molecule has 0 aliphatic carbocycles. The monoisotopic (exact) mass is 366 g/mol. The molecule has 0 heterocycles. The molecule has 0 spiro atoms. The lowest BCUT2D eigenvalue weighted by Gasteiger charge is -2.08. The van der Waals surface area contributed by atoms with Crippen molar-refractivity contribution >= 4 is 11.6 Å². The van der Waals surface area contributed by atoms with E-state index in [9.17, 15) is 23.7 Å². The molecule has 0 saturated carbocycles. The quantitative estimate of drug-likeness (QED) is 0.572. The summed E-state index contributed by atoms with van der Waals surface area (Å²) in [4.78, 5) is 22.5. The summed E-state index contributed by atoms with van der Waals surface area (Å²) in [5, 5.41) is 13.6. The van der Waals surface area contributed by atoms with Crippen molar-refractivity contribution in [3.05, 3.63) is 63.7 Å². The van der Waals surface area contributed by atoms with Crippen LogP contribution >= 0.6 is 0 Å². The lowest BCUT2D eigenvalue weighted by atomic mass is 10.1. The highest BCUT2D eigenvalue weighted by Crippen LogP contribution is 2.27. The molecule has 0 aliphatic rings. The molecule has 0 aliphatic heterocycles. The van der Waals surface area contributed by atoms with Gasteiger partial charge in [-0.25, -0.2) is 0 Å². The van der Waals surface area contributed by atoms with Gasteiger partial charge in [0.15, 0.2) is 5.75 Å². The largest absolute Gasteiger partial charge is 0.490 e. The number of methoxy groups -OCH3 is 1. The number of benzene rings is 2. The number of nitrogens with one attached hydrogen (secondary N) is 1. The molecule has 1 N–H and O–H groups in total. The van der Waals surface area contributed by atoms with Gasteiger partial charge in [0.1, 0.15) is 5.75 Å². The molecule has 138 valence electrons. The first kappa shape index (κ1) is 19.1. The summed E-state index contributed by atoms with van der Waals surface area (Å²) in [5.74, 6) is -0.343. The van der Waals surface area contributed by atoms with Crippen LogP contribution < -0.4 is 14.8 Å². The minimum Gasteiger partial charge on any atom is -0.490 e. The molecule has 0 fully saturated rings. The second-order valence-corrected chi connectivity index (χ2v) is 5.17. The normalized spacial score (nSPS) is 10.5. The topological polar surface area (TPSA) is 90.7 Å². The third-order valence-corrected chi connectivity index (χ3v) is 3.49. The Morgan fingerprint density at radius 1 is 1.23 bits per heavy atom. The van der Waals surface area contributed by atoms with Crippen molar-refractivity contribution in [2.45, 2.75) is 13.0 Å². The molecule has 0 atom stereocenters. The zero-order valence-corrected chi connectivity index (χ0v) is 13.8. The number of hydrogen-bond acceptors (Lipinski definition) is 5. The Morgan fingerprint density at radius 2 is 1.92 bits per heavy atom. The van der Waals surface area contributed by atoms with E-state index in [1.54, 1.807) is 12.1 Å². The van der Waals surface area contributed by atoms with Gasteiger partial charge in [-0.2, -0.15) is 8.78 Å². The zero-order valence-electron chi connectivity index (χ0n) is 13.8. The summed E-state index contributed by atoms with van der Waals surface area (Å²) < 4.78 is 33.3. The van der Waals surface area contributed by atoms with Crippen LogP contribution in [0.15, 0.2) is 42.5 Å². The molecule has 0 unspecified atom stereocenters. The van der Waals surface area contributed by atoms with Gasteiger partial charge in [-0.3, -0.25) is 14.9 Å². The molecular formula is C17H16F2N2O5. The van der Waals surface area contributed by atoms with E-state index in [2.05, 4.69) is 10.1 Å². The molecular weight excluding hydrogens is 350 g/mol. The van der Waals surface area contributed by atoms with Gasteiger partial charge < -0.3 is 14.8 Å². The average molecular weight is 366 g/mol. The fraction of sp³-hybridized carbons (Fsp3) is 0.235. The SMILES string of the molecule is COc1ccc(C(=O)NCCc2ccc(OC(F)F)cc2)cc1[N+](=O)[O-].